The second kappa shape index (κ2) is 6.54. The minimum Gasteiger partial charge on any atom is -0.465 e. The van der Waals surface area contributed by atoms with Crippen molar-refractivity contribution in [3.8, 4) is 0 Å². The van der Waals surface area contributed by atoms with Gasteiger partial charge >= 0.3 is 6.09 Å². The number of aromatic nitrogens is 2. The van der Waals surface area contributed by atoms with Gasteiger partial charge in [-0.2, -0.15) is 0 Å². The minimum absolute atomic E-state index is 0.151. The maximum atomic E-state index is 13.3. The average Bonchev–Trinajstić information content (AvgIpc) is 3.03. The van der Waals surface area contributed by atoms with Gasteiger partial charge < -0.3 is 24.2 Å². The highest BCUT2D eigenvalue weighted by molar-refractivity contribution is 6.37. The van der Waals surface area contributed by atoms with E-state index in [1.165, 1.54) is 4.90 Å². The summed E-state index contributed by atoms with van der Waals surface area (Å²) in [6.07, 6.45) is -0.590. The van der Waals surface area contributed by atoms with Crippen LogP contribution in [0.25, 0.3) is 21.8 Å². The fraction of sp³-hybridized carbons (Fsp3) is 0.389. The minimum atomic E-state index is -1.07. The third-order valence-corrected chi connectivity index (χ3v) is 5.51. The summed E-state index contributed by atoms with van der Waals surface area (Å²) in [6.45, 7) is 1.90. The molecule has 1 amide bonds. The topological polar surface area (TPSA) is 109 Å². The molecule has 1 fully saturated rings. The zero-order chi connectivity index (χ0) is 19.3. The number of aliphatic hydroxyl groups excluding tert-OH is 1. The van der Waals surface area contributed by atoms with Crippen molar-refractivity contribution in [2.45, 2.75) is 19.4 Å². The molecule has 1 saturated heterocycles. The Hall–Kier alpha value is -2.58. The monoisotopic (exact) mass is 391 g/mol. The molecule has 0 spiro atoms. The molecule has 3 aromatic rings. The Bertz CT molecular complexity index is 1110. The molecule has 27 heavy (non-hydrogen) atoms. The molecule has 4 rings (SSSR count). The summed E-state index contributed by atoms with van der Waals surface area (Å²) < 4.78 is 6.81. The van der Waals surface area contributed by atoms with Crippen molar-refractivity contribution in [3.63, 3.8) is 0 Å². The first-order chi connectivity index (χ1) is 12.9. The fourth-order valence-electron chi connectivity index (χ4n) is 3.98. The first-order valence-electron chi connectivity index (χ1n) is 8.59. The predicted octanol–water partition coefficient (Wildman–Crippen LogP) is 2.64. The number of aliphatic hydroxyl groups is 1. The zero-order valence-electron chi connectivity index (χ0n) is 14.6. The van der Waals surface area contributed by atoms with E-state index in [1.54, 1.807) is 29.7 Å². The number of hydrogen-bond donors (Lipinski definition) is 2. The van der Waals surface area contributed by atoms with Crippen LogP contribution < -0.4 is 5.56 Å². The number of benzene rings is 1. The van der Waals surface area contributed by atoms with Crippen molar-refractivity contribution in [1.82, 2.24) is 14.6 Å². The van der Waals surface area contributed by atoms with Crippen LogP contribution in [-0.2, 0) is 0 Å². The predicted molar refractivity (Wildman–Crippen MR) is 99.3 cm³/mol. The number of fused-ring (bicyclic) bond motifs is 3. The lowest BCUT2D eigenvalue weighted by Gasteiger charge is -2.36. The number of nitrogens with zero attached hydrogens (tertiary/aromatic N) is 3. The lowest BCUT2D eigenvalue weighted by molar-refractivity contribution is 0.0787. The molecule has 2 aromatic heterocycles. The van der Waals surface area contributed by atoms with Crippen molar-refractivity contribution < 1.29 is 19.5 Å². The van der Waals surface area contributed by atoms with Crippen molar-refractivity contribution in [2.75, 3.05) is 19.7 Å². The van der Waals surface area contributed by atoms with E-state index in [0.29, 0.717) is 39.0 Å². The second-order valence-corrected chi connectivity index (χ2v) is 7.30. The number of amides is 1. The third-order valence-electron chi connectivity index (χ3n) is 5.19. The standard InChI is InChI=1S/C18H18ClN3O5/c1-9-14-16(20-27-9)15-12(19)3-2-4-13(15)22(17(14)24)11-5-10(8-23)6-21(7-11)18(25)26/h2-4,10-11,23H,5-8H2,1H3,(H,25,26). The molecule has 142 valence electrons. The molecule has 0 radical (unpaired) electrons. The van der Waals surface area contributed by atoms with Crippen LogP contribution in [0.15, 0.2) is 27.5 Å². The Balaban J connectivity index is 2.01. The molecule has 0 saturated carbocycles. The van der Waals surface area contributed by atoms with Crippen molar-refractivity contribution >= 4 is 39.5 Å². The van der Waals surface area contributed by atoms with E-state index in [0.717, 1.165) is 0 Å². The molecule has 1 aliphatic rings. The number of rotatable bonds is 2. The fourth-order valence-corrected chi connectivity index (χ4v) is 4.24. The van der Waals surface area contributed by atoms with Crippen LogP contribution in [-0.4, -0.2) is 50.6 Å². The van der Waals surface area contributed by atoms with E-state index >= 15 is 0 Å². The third kappa shape index (κ3) is 2.76. The summed E-state index contributed by atoms with van der Waals surface area (Å²) in [4.78, 5) is 26.1. The molecule has 8 nitrogen and oxygen atoms in total. The highest BCUT2D eigenvalue weighted by Crippen LogP contribution is 2.34. The Morgan fingerprint density at radius 3 is 2.85 bits per heavy atom. The summed E-state index contributed by atoms with van der Waals surface area (Å²) in [5.74, 6) is 0.135. The molecule has 1 aliphatic heterocycles. The number of hydrogen-bond acceptors (Lipinski definition) is 5. The Kier molecular flexibility index (Phi) is 4.32. The van der Waals surface area contributed by atoms with Crippen LogP contribution in [0.2, 0.25) is 5.02 Å². The lowest BCUT2D eigenvalue weighted by Crippen LogP contribution is -2.46. The normalized spacial score (nSPS) is 20.5. The molecular formula is C18H18ClN3O5. The molecule has 1 aromatic carbocycles. The van der Waals surface area contributed by atoms with Gasteiger partial charge in [0.2, 0.25) is 0 Å². The maximum absolute atomic E-state index is 13.3. The highest BCUT2D eigenvalue weighted by Gasteiger charge is 2.33. The van der Waals surface area contributed by atoms with E-state index in [1.807, 2.05) is 0 Å². The summed E-state index contributed by atoms with van der Waals surface area (Å²) in [5.41, 5.74) is 0.675. The molecular weight excluding hydrogens is 374 g/mol. The summed E-state index contributed by atoms with van der Waals surface area (Å²) in [7, 11) is 0. The molecule has 2 atom stereocenters. The van der Waals surface area contributed by atoms with E-state index in [9.17, 15) is 19.8 Å². The Morgan fingerprint density at radius 2 is 2.15 bits per heavy atom. The number of carbonyl (C=O) groups is 1. The summed E-state index contributed by atoms with van der Waals surface area (Å²) in [6, 6.07) is 4.78. The van der Waals surface area contributed by atoms with Crippen molar-refractivity contribution in [1.29, 1.82) is 0 Å². The quantitative estimate of drug-likeness (QED) is 0.695. The van der Waals surface area contributed by atoms with E-state index in [-0.39, 0.29) is 31.2 Å². The van der Waals surface area contributed by atoms with Crippen LogP contribution >= 0.6 is 11.6 Å². The van der Waals surface area contributed by atoms with Gasteiger partial charge in [-0.25, -0.2) is 4.79 Å². The molecule has 9 heteroatoms. The molecule has 3 heterocycles. The van der Waals surface area contributed by atoms with Gasteiger partial charge in [0, 0.05) is 31.0 Å². The number of aryl methyl sites for hydroxylation is 1. The van der Waals surface area contributed by atoms with E-state index in [2.05, 4.69) is 5.16 Å². The van der Waals surface area contributed by atoms with Gasteiger partial charge in [-0.05, 0) is 25.5 Å². The van der Waals surface area contributed by atoms with Crippen molar-refractivity contribution in [3.05, 3.63) is 39.3 Å². The molecule has 0 aliphatic carbocycles. The molecule has 2 unspecified atom stereocenters. The van der Waals surface area contributed by atoms with Gasteiger partial charge in [0.05, 0.1) is 16.6 Å². The first kappa shape index (κ1) is 17.8. The summed E-state index contributed by atoms with van der Waals surface area (Å²) in [5, 5.41) is 24.4. The van der Waals surface area contributed by atoms with Gasteiger partial charge in [-0.3, -0.25) is 4.79 Å². The van der Waals surface area contributed by atoms with E-state index in [4.69, 9.17) is 16.1 Å². The van der Waals surface area contributed by atoms with Crippen molar-refractivity contribution in [2.24, 2.45) is 5.92 Å². The average molecular weight is 392 g/mol. The number of halogens is 1. The highest BCUT2D eigenvalue weighted by atomic mass is 35.5. The largest absolute Gasteiger partial charge is 0.465 e. The van der Waals surface area contributed by atoms with Crippen LogP contribution in [0, 0.1) is 12.8 Å². The van der Waals surface area contributed by atoms with Gasteiger partial charge in [-0.1, -0.05) is 22.8 Å². The van der Waals surface area contributed by atoms with Gasteiger partial charge in [0.1, 0.15) is 16.7 Å². The summed E-state index contributed by atoms with van der Waals surface area (Å²) >= 11 is 6.40. The molecule has 2 N–H and O–H groups in total. The SMILES string of the molecule is Cc1onc2c1c(=O)n(C1CC(CO)CN(C(=O)O)C1)c1cccc(Cl)c21. The second-order valence-electron chi connectivity index (χ2n) is 6.90. The van der Waals surface area contributed by atoms with Crippen LogP contribution in [0.3, 0.4) is 0 Å². The number of likely N-dealkylation sites (tertiary alicyclic amines) is 1. The van der Waals surface area contributed by atoms with Crippen LogP contribution in [0.5, 0.6) is 0 Å². The zero-order valence-corrected chi connectivity index (χ0v) is 15.3. The Labute approximate surface area is 158 Å². The maximum Gasteiger partial charge on any atom is 0.407 e. The smallest absolute Gasteiger partial charge is 0.407 e. The van der Waals surface area contributed by atoms with Crippen LogP contribution in [0.4, 0.5) is 4.79 Å². The van der Waals surface area contributed by atoms with Gasteiger partial charge in [-0.15, -0.1) is 0 Å². The van der Waals surface area contributed by atoms with Gasteiger partial charge in [0.25, 0.3) is 5.56 Å². The Morgan fingerprint density at radius 1 is 1.37 bits per heavy atom. The first-order valence-corrected chi connectivity index (χ1v) is 8.97. The van der Waals surface area contributed by atoms with Crippen LogP contribution in [0.1, 0.15) is 18.2 Å². The number of pyridine rings is 1. The van der Waals surface area contributed by atoms with E-state index < -0.39 is 12.1 Å². The van der Waals surface area contributed by atoms with Gasteiger partial charge in [0.15, 0.2) is 0 Å². The number of carboxylic acid groups (broad SMARTS) is 1. The molecule has 0 bridgehead atoms. The number of piperidine rings is 1. The lowest BCUT2D eigenvalue weighted by atomic mass is 9.94.